The van der Waals surface area contributed by atoms with Gasteiger partial charge in [-0.15, -0.1) is 11.3 Å². The smallest absolute Gasteiger partial charge is 0.371 e. The van der Waals surface area contributed by atoms with Gasteiger partial charge in [-0.25, -0.2) is 18.2 Å². The van der Waals surface area contributed by atoms with Crippen LogP contribution in [0.1, 0.15) is 41.6 Å². The molecule has 9 heteroatoms. The molecule has 0 aliphatic carbocycles. The molecule has 0 amide bonds. The van der Waals surface area contributed by atoms with Gasteiger partial charge < -0.3 is 9.52 Å². The molecular formula is C13H16N2O5S2. The van der Waals surface area contributed by atoms with Crippen molar-refractivity contribution in [1.29, 1.82) is 0 Å². The molecule has 1 unspecified atom stereocenters. The van der Waals surface area contributed by atoms with Crippen LogP contribution in [-0.4, -0.2) is 24.5 Å². The number of rotatable bonds is 6. The number of aryl methyl sites for hydroxylation is 1. The normalized spacial score (nSPS) is 14.7. The second-order valence-electron chi connectivity index (χ2n) is 4.96. The van der Waals surface area contributed by atoms with E-state index in [2.05, 4.69) is 9.71 Å². The Morgan fingerprint density at radius 3 is 2.68 bits per heavy atom. The maximum atomic E-state index is 12.6. The standard InChI is InChI=1S/C13H16N2O5S2/c1-4-13(3,12-14-5-6-21-12)15-22(18,19)10-7-9(11(16)17)20-8(10)2/h5-7,15H,4H2,1-3H3,(H,16,17). The molecule has 1 atom stereocenters. The Kier molecular flexibility index (Phi) is 4.41. The van der Waals surface area contributed by atoms with Gasteiger partial charge in [0.25, 0.3) is 0 Å². The van der Waals surface area contributed by atoms with Crippen molar-refractivity contribution in [2.24, 2.45) is 0 Å². The minimum Gasteiger partial charge on any atom is -0.475 e. The maximum Gasteiger partial charge on any atom is 0.371 e. The maximum absolute atomic E-state index is 12.6. The summed E-state index contributed by atoms with van der Waals surface area (Å²) < 4.78 is 32.7. The van der Waals surface area contributed by atoms with Crippen LogP contribution in [0.15, 0.2) is 27.0 Å². The van der Waals surface area contributed by atoms with Crippen LogP contribution in [0.3, 0.4) is 0 Å². The van der Waals surface area contributed by atoms with Gasteiger partial charge in [-0.1, -0.05) is 6.92 Å². The van der Waals surface area contributed by atoms with Gasteiger partial charge in [-0.05, 0) is 20.3 Å². The first-order valence-electron chi connectivity index (χ1n) is 6.47. The predicted octanol–water partition coefficient (Wildman–Crippen LogP) is 2.35. The zero-order valence-electron chi connectivity index (χ0n) is 12.3. The molecule has 120 valence electrons. The van der Waals surface area contributed by atoms with Crippen LogP contribution < -0.4 is 4.72 Å². The van der Waals surface area contributed by atoms with Gasteiger partial charge in [0.05, 0.1) is 5.54 Å². The zero-order valence-corrected chi connectivity index (χ0v) is 13.9. The topological polar surface area (TPSA) is 110 Å². The lowest BCUT2D eigenvalue weighted by atomic mass is 10.0. The van der Waals surface area contributed by atoms with Crippen LogP contribution in [0.2, 0.25) is 0 Å². The number of furan rings is 1. The number of hydrogen-bond acceptors (Lipinski definition) is 6. The number of carboxylic acid groups (broad SMARTS) is 1. The van der Waals surface area contributed by atoms with Crippen molar-refractivity contribution in [1.82, 2.24) is 9.71 Å². The Bertz CT molecular complexity index is 779. The van der Waals surface area contributed by atoms with Crippen molar-refractivity contribution in [3.63, 3.8) is 0 Å². The summed E-state index contributed by atoms with van der Waals surface area (Å²) >= 11 is 1.35. The lowest BCUT2D eigenvalue weighted by Crippen LogP contribution is -2.42. The van der Waals surface area contributed by atoms with Crippen molar-refractivity contribution in [2.75, 3.05) is 0 Å². The zero-order chi connectivity index (χ0) is 16.5. The number of sulfonamides is 1. The number of carboxylic acids is 1. The molecule has 2 aromatic rings. The molecule has 7 nitrogen and oxygen atoms in total. The predicted molar refractivity (Wildman–Crippen MR) is 80.5 cm³/mol. The fraction of sp³-hybridized carbons (Fsp3) is 0.385. The first-order chi connectivity index (χ1) is 10.2. The monoisotopic (exact) mass is 344 g/mol. The van der Waals surface area contributed by atoms with E-state index in [1.807, 2.05) is 6.92 Å². The Morgan fingerprint density at radius 1 is 1.55 bits per heavy atom. The SMILES string of the molecule is CCC(C)(NS(=O)(=O)c1cc(C(=O)O)oc1C)c1nccs1. The molecular weight excluding hydrogens is 328 g/mol. The summed E-state index contributed by atoms with van der Waals surface area (Å²) in [4.78, 5) is 14.9. The third-order valence-corrected chi connectivity index (χ3v) is 6.08. The van der Waals surface area contributed by atoms with Gasteiger partial charge >= 0.3 is 5.97 Å². The summed E-state index contributed by atoms with van der Waals surface area (Å²) in [5, 5.41) is 11.3. The Labute approximate surface area is 132 Å². The van der Waals surface area contributed by atoms with Crippen molar-refractivity contribution >= 4 is 27.3 Å². The van der Waals surface area contributed by atoms with E-state index in [-0.39, 0.29) is 10.7 Å². The minimum atomic E-state index is -3.94. The van der Waals surface area contributed by atoms with Gasteiger partial charge in [-0.2, -0.15) is 4.72 Å². The molecule has 0 aliphatic heterocycles. The second-order valence-corrected chi connectivity index (χ2v) is 7.51. The summed E-state index contributed by atoms with van der Waals surface area (Å²) in [5.74, 6) is -1.70. The number of hydrogen-bond donors (Lipinski definition) is 2. The van der Waals surface area contributed by atoms with E-state index in [4.69, 9.17) is 9.52 Å². The molecule has 22 heavy (non-hydrogen) atoms. The fourth-order valence-electron chi connectivity index (χ4n) is 1.95. The van der Waals surface area contributed by atoms with Crippen LogP contribution in [-0.2, 0) is 15.6 Å². The summed E-state index contributed by atoms with van der Waals surface area (Å²) in [6, 6.07) is 1.01. The second kappa shape index (κ2) is 5.82. The number of aromatic nitrogens is 1. The van der Waals surface area contributed by atoms with Crippen LogP contribution in [0.4, 0.5) is 0 Å². The van der Waals surface area contributed by atoms with Gasteiger partial charge in [0.2, 0.25) is 15.8 Å². The lowest BCUT2D eigenvalue weighted by Gasteiger charge is -2.26. The number of nitrogens with zero attached hydrogens (tertiary/aromatic N) is 1. The van der Waals surface area contributed by atoms with Crippen LogP contribution >= 0.6 is 11.3 Å². The average Bonchev–Trinajstić information content (AvgIpc) is 3.07. The highest BCUT2D eigenvalue weighted by molar-refractivity contribution is 7.89. The van der Waals surface area contributed by atoms with Crippen LogP contribution in [0.5, 0.6) is 0 Å². The van der Waals surface area contributed by atoms with E-state index >= 15 is 0 Å². The van der Waals surface area contributed by atoms with Gasteiger partial charge in [0.1, 0.15) is 15.7 Å². The molecule has 0 aliphatic rings. The first-order valence-corrected chi connectivity index (χ1v) is 8.83. The van der Waals surface area contributed by atoms with Gasteiger partial charge in [0, 0.05) is 17.6 Å². The average molecular weight is 344 g/mol. The van der Waals surface area contributed by atoms with Gasteiger partial charge in [-0.3, -0.25) is 0 Å². The molecule has 2 N–H and O–H groups in total. The van der Waals surface area contributed by atoms with E-state index in [9.17, 15) is 13.2 Å². The first kappa shape index (κ1) is 16.7. The van der Waals surface area contributed by atoms with Crippen LogP contribution in [0.25, 0.3) is 0 Å². The number of thiazole rings is 1. The summed E-state index contributed by atoms with van der Waals surface area (Å²) in [5.41, 5.74) is -0.875. The molecule has 0 aromatic carbocycles. The Hall–Kier alpha value is -1.71. The van der Waals surface area contributed by atoms with E-state index in [1.165, 1.54) is 18.3 Å². The van der Waals surface area contributed by atoms with E-state index < -0.39 is 27.3 Å². The van der Waals surface area contributed by atoms with Crippen molar-refractivity contribution < 1.29 is 22.7 Å². The molecule has 0 saturated heterocycles. The highest BCUT2D eigenvalue weighted by Crippen LogP contribution is 2.30. The van der Waals surface area contributed by atoms with Crippen molar-refractivity contribution in [3.05, 3.63) is 34.2 Å². The molecule has 2 heterocycles. The molecule has 2 aromatic heterocycles. The van der Waals surface area contributed by atoms with Crippen molar-refractivity contribution in [3.8, 4) is 0 Å². The molecule has 0 bridgehead atoms. The number of nitrogens with one attached hydrogen (secondary N) is 1. The molecule has 0 spiro atoms. The van der Waals surface area contributed by atoms with Gasteiger partial charge in [0.15, 0.2) is 0 Å². The Balaban J connectivity index is 2.41. The molecule has 0 radical (unpaired) electrons. The summed E-state index contributed by atoms with van der Waals surface area (Å²) in [6.45, 7) is 4.99. The highest BCUT2D eigenvalue weighted by atomic mass is 32.2. The third-order valence-electron chi connectivity index (χ3n) is 3.34. The van der Waals surface area contributed by atoms with E-state index in [0.717, 1.165) is 6.07 Å². The third kappa shape index (κ3) is 3.06. The van der Waals surface area contributed by atoms with E-state index in [0.29, 0.717) is 11.4 Å². The highest BCUT2D eigenvalue weighted by Gasteiger charge is 2.35. The quantitative estimate of drug-likeness (QED) is 0.832. The minimum absolute atomic E-state index is 0.0301. The molecule has 0 saturated carbocycles. The number of carbonyl (C=O) groups is 1. The van der Waals surface area contributed by atoms with Crippen LogP contribution in [0, 0.1) is 6.92 Å². The van der Waals surface area contributed by atoms with Crippen molar-refractivity contribution in [2.45, 2.75) is 37.6 Å². The summed E-state index contributed by atoms with van der Waals surface area (Å²) in [6.07, 6.45) is 2.09. The number of aromatic carboxylic acids is 1. The lowest BCUT2D eigenvalue weighted by molar-refractivity contribution is 0.0661. The molecule has 0 fully saturated rings. The molecule has 2 rings (SSSR count). The summed E-state index contributed by atoms with van der Waals surface area (Å²) in [7, 11) is -3.94. The Morgan fingerprint density at radius 2 is 2.23 bits per heavy atom. The fourth-order valence-corrected chi connectivity index (χ4v) is 4.47. The largest absolute Gasteiger partial charge is 0.475 e. The van der Waals surface area contributed by atoms with E-state index in [1.54, 1.807) is 18.5 Å².